The van der Waals surface area contributed by atoms with E-state index in [0.29, 0.717) is 21.9 Å². The van der Waals surface area contributed by atoms with Gasteiger partial charge in [-0.3, -0.25) is 9.59 Å². The maximum atomic E-state index is 13.5. The van der Waals surface area contributed by atoms with E-state index in [4.69, 9.17) is 16.3 Å². The summed E-state index contributed by atoms with van der Waals surface area (Å²) < 4.78 is 19.7. The van der Waals surface area contributed by atoms with Crippen molar-refractivity contribution in [1.29, 1.82) is 0 Å². The summed E-state index contributed by atoms with van der Waals surface area (Å²) in [4.78, 5) is 26.4. The average Bonchev–Trinajstić information content (AvgIpc) is 3.64. The predicted octanol–water partition coefficient (Wildman–Crippen LogP) is 6.53. The van der Waals surface area contributed by atoms with Crippen LogP contribution in [0, 0.1) is 5.82 Å². The number of fused-ring (bicyclic) bond motifs is 1. The number of amides is 2. The van der Waals surface area contributed by atoms with Gasteiger partial charge in [0.2, 0.25) is 5.91 Å². The molecule has 1 aliphatic carbocycles. The molecule has 6 rings (SSSR count). The lowest BCUT2D eigenvalue weighted by molar-refractivity contribution is -0.123. The van der Waals surface area contributed by atoms with Gasteiger partial charge in [-0.05, 0) is 71.5 Å². The van der Waals surface area contributed by atoms with Crippen LogP contribution in [0.3, 0.4) is 0 Å². The first-order chi connectivity index (χ1) is 18.9. The summed E-state index contributed by atoms with van der Waals surface area (Å²) in [5.74, 6) is -0.815. The second-order valence-corrected chi connectivity index (χ2v) is 10.4. The quantitative estimate of drug-likeness (QED) is 0.292. The molecule has 1 heterocycles. The van der Waals surface area contributed by atoms with Crippen LogP contribution in [-0.4, -0.2) is 18.9 Å². The highest BCUT2D eigenvalue weighted by Crippen LogP contribution is 2.48. The van der Waals surface area contributed by atoms with Crippen LogP contribution in [0.1, 0.15) is 51.9 Å². The number of nitrogens with one attached hydrogen (secondary N) is 2. The molecule has 2 N–H and O–H groups in total. The second kappa shape index (κ2) is 9.86. The van der Waals surface area contributed by atoms with Gasteiger partial charge in [0.1, 0.15) is 23.6 Å². The largest absolute Gasteiger partial charge is 0.484 e. The van der Waals surface area contributed by atoms with Crippen LogP contribution < -0.4 is 15.4 Å². The third-order valence-electron chi connectivity index (χ3n) is 7.60. The molecule has 2 atom stereocenters. The molecule has 1 saturated carbocycles. The highest BCUT2D eigenvalue weighted by atomic mass is 35.5. The summed E-state index contributed by atoms with van der Waals surface area (Å²) in [5.41, 5.74) is 4.15. The molecule has 0 saturated heterocycles. The summed E-state index contributed by atoms with van der Waals surface area (Å²) >= 11 is 6.49. The molecular formula is C32H26ClFN2O3. The number of likely N-dealkylation sites (N-methyl/N-ethyl adjacent to an activating group) is 1. The van der Waals surface area contributed by atoms with E-state index in [9.17, 15) is 14.0 Å². The smallest absolute Gasteiger partial charge is 0.253 e. The van der Waals surface area contributed by atoms with E-state index >= 15 is 0 Å². The lowest BCUT2D eigenvalue weighted by Crippen LogP contribution is -2.35. The minimum absolute atomic E-state index is 0.202. The normalized spacial score (nSPS) is 18.5. The van der Waals surface area contributed by atoms with E-state index in [1.165, 1.54) is 12.1 Å². The van der Waals surface area contributed by atoms with Crippen LogP contribution in [0.4, 0.5) is 4.39 Å². The third kappa shape index (κ3) is 4.66. The molecule has 2 aliphatic rings. The van der Waals surface area contributed by atoms with Gasteiger partial charge in [0.25, 0.3) is 5.91 Å². The van der Waals surface area contributed by atoms with E-state index in [2.05, 4.69) is 10.6 Å². The third-order valence-corrected chi connectivity index (χ3v) is 7.93. The molecule has 4 aromatic rings. The van der Waals surface area contributed by atoms with Gasteiger partial charge < -0.3 is 15.4 Å². The van der Waals surface area contributed by atoms with Crippen molar-refractivity contribution in [1.82, 2.24) is 10.6 Å². The number of hydrogen-bond acceptors (Lipinski definition) is 3. The zero-order valence-corrected chi connectivity index (χ0v) is 22.0. The molecule has 2 amide bonds. The van der Waals surface area contributed by atoms with Crippen LogP contribution in [0.2, 0.25) is 5.02 Å². The summed E-state index contributed by atoms with van der Waals surface area (Å²) in [6.07, 6.45) is 1.16. The molecule has 0 radical (unpaired) electrons. The van der Waals surface area contributed by atoms with Gasteiger partial charge in [-0.25, -0.2) is 4.39 Å². The van der Waals surface area contributed by atoms with E-state index in [0.717, 1.165) is 35.1 Å². The first-order valence-corrected chi connectivity index (χ1v) is 13.2. The minimum atomic E-state index is -0.619. The Labute approximate surface area is 231 Å². The van der Waals surface area contributed by atoms with E-state index in [-0.39, 0.29) is 23.2 Å². The second-order valence-electron chi connectivity index (χ2n) is 10.0. The van der Waals surface area contributed by atoms with Gasteiger partial charge in [0, 0.05) is 12.6 Å². The van der Waals surface area contributed by atoms with Crippen molar-refractivity contribution in [3.05, 3.63) is 124 Å². The van der Waals surface area contributed by atoms with Gasteiger partial charge in [-0.2, -0.15) is 0 Å². The Balaban J connectivity index is 1.31. The van der Waals surface area contributed by atoms with Crippen molar-refractivity contribution >= 4 is 23.4 Å². The first kappa shape index (κ1) is 25.1. The lowest BCUT2D eigenvalue weighted by Gasteiger charge is -2.19. The maximum Gasteiger partial charge on any atom is 0.253 e. The van der Waals surface area contributed by atoms with Crippen LogP contribution in [0.25, 0.3) is 11.1 Å². The Morgan fingerprint density at radius 1 is 0.923 bits per heavy atom. The molecule has 196 valence electrons. The Kier molecular flexibility index (Phi) is 6.35. The van der Waals surface area contributed by atoms with Gasteiger partial charge in [0.05, 0.1) is 16.1 Å². The molecule has 0 bridgehead atoms. The Morgan fingerprint density at radius 3 is 2.31 bits per heavy atom. The number of benzene rings is 4. The fourth-order valence-corrected chi connectivity index (χ4v) is 5.53. The van der Waals surface area contributed by atoms with Crippen LogP contribution in [0.5, 0.6) is 5.75 Å². The molecular weight excluding hydrogens is 515 g/mol. The summed E-state index contributed by atoms with van der Waals surface area (Å²) in [6, 6.07) is 26.9. The van der Waals surface area contributed by atoms with Crippen molar-refractivity contribution in [3.63, 3.8) is 0 Å². The van der Waals surface area contributed by atoms with Gasteiger partial charge in [-0.15, -0.1) is 0 Å². The SMILES string of the molecule is CNC(=O)C1c2cc(-c3ccc(Cl)c(C(=O)NC4(c5ccccc5)CC4)c3)ccc2OC1c1ccc(F)cc1. The van der Waals surface area contributed by atoms with Gasteiger partial charge >= 0.3 is 0 Å². The standard InChI is InChI=1S/C32H26ClFN2O3/c1-35-31(38)28-25-18-21(10-14-27(25)39-29(28)19-7-11-23(34)12-8-19)20-9-13-26(33)24(17-20)30(37)36-32(15-16-32)22-5-3-2-4-6-22/h2-14,17-18,28-29H,15-16H2,1H3,(H,35,38)(H,36,37). The molecule has 1 fully saturated rings. The maximum absolute atomic E-state index is 13.5. The predicted molar refractivity (Wildman–Crippen MR) is 148 cm³/mol. The Hall–Kier alpha value is -4.16. The van der Waals surface area contributed by atoms with Crippen LogP contribution in [0.15, 0.2) is 91.0 Å². The van der Waals surface area contributed by atoms with Crippen molar-refractivity contribution in [2.45, 2.75) is 30.4 Å². The zero-order valence-electron chi connectivity index (χ0n) is 21.2. The minimum Gasteiger partial charge on any atom is -0.484 e. The van der Waals surface area contributed by atoms with Crippen molar-refractivity contribution < 1.29 is 18.7 Å². The molecule has 7 heteroatoms. The number of rotatable bonds is 6. The van der Waals surface area contributed by atoms with Gasteiger partial charge in [-0.1, -0.05) is 66.2 Å². The molecule has 5 nitrogen and oxygen atoms in total. The number of ether oxygens (including phenoxy) is 1. The summed E-state index contributed by atoms with van der Waals surface area (Å²) in [5, 5.41) is 6.29. The fraction of sp³-hybridized carbons (Fsp3) is 0.188. The topological polar surface area (TPSA) is 67.4 Å². The number of carbonyl (C=O) groups is 2. The molecule has 1 aliphatic heterocycles. The van der Waals surface area contributed by atoms with Crippen molar-refractivity contribution in [2.24, 2.45) is 0 Å². The van der Waals surface area contributed by atoms with Crippen LogP contribution in [-0.2, 0) is 10.3 Å². The fourth-order valence-electron chi connectivity index (χ4n) is 5.33. The van der Waals surface area contributed by atoms with Crippen molar-refractivity contribution in [2.75, 3.05) is 7.05 Å². The molecule has 39 heavy (non-hydrogen) atoms. The molecule has 0 aromatic heterocycles. The Bertz CT molecular complexity index is 1570. The summed E-state index contributed by atoms with van der Waals surface area (Å²) in [6.45, 7) is 0. The summed E-state index contributed by atoms with van der Waals surface area (Å²) in [7, 11) is 1.58. The van der Waals surface area contributed by atoms with E-state index in [1.807, 2.05) is 54.6 Å². The Morgan fingerprint density at radius 2 is 1.62 bits per heavy atom. The highest BCUT2D eigenvalue weighted by molar-refractivity contribution is 6.34. The highest BCUT2D eigenvalue weighted by Gasteiger charge is 2.46. The van der Waals surface area contributed by atoms with Crippen LogP contribution >= 0.6 is 11.6 Å². The van der Waals surface area contributed by atoms with Gasteiger partial charge in [0.15, 0.2) is 0 Å². The molecule has 4 aromatic carbocycles. The van der Waals surface area contributed by atoms with Crippen molar-refractivity contribution in [3.8, 4) is 16.9 Å². The van der Waals surface area contributed by atoms with E-state index in [1.54, 1.807) is 31.3 Å². The first-order valence-electron chi connectivity index (χ1n) is 12.8. The molecule has 0 spiro atoms. The number of carbonyl (C=O) groups excluding carboxylic acids is 2. The molecule has 2 unspecified atom stereocenters. The lowest BCUT2D eigenvalue weighted by atomic mass is 9.88. The number of hydrogen-bond donors (Lipinski definition) is 2. The zero-order chi connectivity index (χ0) is 27.1. The number of halogens is 2. The average molecular weight is 541 g/mol. The van der Waals surface area contributed by atoms with E-state index < -0.39 is 12.0 Å². The monoisotopic (exact) mass is 540 g/mol.